The first-order valence-corrected chi connectivity index (χ1v) is 7.15. The Kier molecular flexibility index (Phi) is 3.06. The summed E-state index contributed by atoms with van der Waals surface area (Å²) in [5.74, 6) is 0. The van der Waals surface area contributed by atoms with Crippen molar-refractivity contribution >= 4 is 21.6 Å². The molecule has 0 amide bonds. The van der Waals surface area contributed by atoms with E-state index in [1.807, 2.05) is 44.2 Å². The molecule has 4 nitrogen and oxygen atoms in total. The fourth-order valence-corrected chi connectivity index (χ4v) is 3.08. The van der Waals surface area contributed by atoms with E-state index in [-0.39, 0.29) is 11.2 Å². The summed E-state index contributed by atoms with van der Waals surface area (Å²) in [7, 11) is 0. The largest absolute Gasteiger partial charge is 0.329 e. The molecule has 2 heterocycles. The van der Waals surface area contributed by atoms with Crippen LogP contribution in [0.1, 0.15) is 16.0 Å². The third-order valence-corrected chi connectivity index (χ3v) is 4.22. The molecular formula is C15H14N2O2S. The lowest BCUT2D eigenvalue weighted by atomic mass is 10.1. The minimum absolute atomic E-state index is 0.228. The maximum absolute atomic E-state index is 12.4. The van der Waals surface area contributed by atoms with E-state index in [9.17, 15) is 9.59 Å². The van der Waals surface area contributed by atoms with E-state index in [1.54, 1.807) is 0 Å². The van der Waals surface area contributed by atoms with Crippen molar-refractivity contribution in [3.8, 4) is 0 Å². The van der Waals surface area contributed by atoms with E-state index in [1.165, 1.54) is 15.9 Å². The van der Waals surface area contributed by atoms with Crippen molar-refractivity contribution in [3.05, 3.63) is 67.2 Å². The van der Waals surface area contributed by atoms with Crippen LogP contribution >= 0.6 is 11.3 Å². The summed E-state index contributed by atoms with van der Waals surface area (Å²) in [5, 5.41) is 0.583. The predicted molar refractivity (Wildman–Crippen MR) is 81.7 cm³/mol. The number of nitrogens with zero attached hydrogens (tertiary/aromatic N) is 1. The summed E-state index contributed by atoms with van der Waals surface area (Å²) in [4.78, 5) is 28.9. The number of thiophene rings is 1. The SMILES string of the molecule is Cc1ccc(Cn2c(=O)[nH]c3sc(C)cc3c2=O)cc1. The molecule has 0 spiro atoms. The van der Waals surface area contributed by atoms with Crippen LogP contribution in [0.5, 0.6) is 0 Å². The number of hydrogen-bond donors (Lipinski definition) is 1. The van der Waals surface area contributed by atoms with Crippen LogP contribution in [0.25, 0.3) is 10.2 Å². The minimum atomic E-state index is -0.357. The molecule has 0 atom stereocenters. The van der Waals surface area contributed by atoms with Crippen molar-refractivity contribution in [3.63, 3.8) is 0 Å². The lowest BCUT2D eigenvalue weighted by Gasteiger charge is -2.05. The number of aromatic amines is 1. The van der Waals surface area contributed by atoms with Gasteiger partial charge in [-0.05, 0) is 25.5 Å². The van der Waals surface area contributed by atoms with Crippen molar-refractivity contribution in [2.45, 2.75) is 20.4 Å². The van der Waals surface area contributed by atoms with E-state index >= 15 is 0 Å². The molecule has 0 radical (unpaired) electrons. The highest BCUT2D eigenvalue weighted by Gasteiger charge is 2.10. The van der Waals surface area contributed by atoms with Crippen LogP contribution in [0.2, 0.25) is 0 Å². The van der Waals surface area contributed by atoms with Gasteiger partial charge in [-0.25, -0.2) is 4.79 Å². The molecule has 0 bridgehead atoms. The van der Waals surface area contributed by atoms with Crippen LogP contribution in [0.3, 0.4) is 0 Å². The smallest absolute Gasteiger partial charge is 0.298 e. The predicted octanol–water partition coefficient (Wildman–Crippen LogP) is 2.42. The third kappa shape index (κ3) is 2.20. The average molecular weight is 286 g/mol. The molecular weight excluding hydrogens is 272 g/mol. The summed E-state index contributed by atoms with van der Waals surface area (Å²) >= 11 is 1.43. The van der Waals surface area contributed by atoms with Gasteiger partial charge in [0.2, 0.25) is 0 Å². The number of nitrogens with one attached hydrogen (secondary N) is 1. The summed E-state index contributed by atoms with van der Waals surface area (Å²) in [6.07, 6.45) is 0. The molecule has 1 aromatic carbocycles. The molecule has 20 heavy (non-hydrogen) atoms. The van der Waals surface area contributed by atoms with Crippen molar-refractivity contribution < 1.29 is 0 Å². The van der Waals surface area contributed by atoms with E-state index < -0.39 is 0 Å². The summed E-state index contributed by atoms with van der Waals surface area (Å²) in [6, 6.07) is 9.64. The monoisotopic (exact) mass is 286 g/mol. The van der Waals surface area contributed by atoms with Crippen LogP contribution in [0.4, 0.5) is 0 Å². The Labute approximate surface area is 119 Å². The normalized spacial score (nSPS) is 11.1. The Morgan fingerprint density at radius 3 is 2.55 bits per heavy atom. The number of aromatic nitrogens is 2. The van der Waals surface area contributed by atoms with Crippen LogP contribution in [0.15, 0.2) is 39.9 Å². The van der Waals surface area contributed by atoms with Gasteiger partial charge in [0, 0.05) is 4.88 Å². The molecule has 3 rings (SSSR count). The van der Waals surface area contributed by atoms with Gasteiger partial charge in [-0.2, -0.15) is 0 Å². The highest BCUT2D eigenvalue weighted by Crippen LogP contribution is 2.18. The van der Waals surface area contributed by atoms with E-state index in [4.69, 9.17) is 0 Å². The second-order valence-electron chi connectivity index (χ2n) is 4.91. The molecule has 0 aliphatic rings. The van der Waals surface area contributed by atoms with Gasteiger partial charge in [0.1, 0.15) is 4.83 Å². The van der Waals surface area contributed by atoms with Gasteiger partial charge in [-0.1, -0.05) is 29.8 Å². The highest BCUT2D eigenvalue weighted by molar-refractivity contribution is 7.18. The standard InChI is InChI=1S/C15H14N2O2S/c1-9-3-5-11(6-4-9)8-17-14(18)12-7-10(2)20-13(12)16-15(17)19/h3-7H,8H2,1-2H3,(H,16,19). The summed E-state index contributed by atoms with van der Waals surface area (Å²) < 4.78 is 1.25. The van der Waals surface area contributed by atoms with Gasteiger partial charge in [-0.3, -0.25) is 14.3 Å². The molecule has 3 aromatic rings. The fraction of sp³-hybridized carbons (Fsp3) is 0.200. The van der Waals surface area contributed by atoms with Gasteiger partial charge in [0.05, 0.1) is 11.9 Å². The van der Waals surface area contributed by atoms with Crippen molar-refractivity contribution in [2.75, 3.05) is 0 Å². The van der Waals surface area contributed by atoms with Crippen LogP contribution in [0, 0.1) is 13.8 Å². The molecule has 0 aliphatic carbocycles. The number of aryl methyl sites for hydroxylation is 2. The van der Waals surface area contributed by atoms with Crippen molar-refractivity contribution in [2.24, 2.45) is 0 Å². The Morgan fingerprint density at radius 2 is 1.85 bits per heavy atom. The van der Waals surface area contributed by atoms with Crippen LogP contribution in [-0.2, 0) is 6.54 Å². The zero-order chi connectivity index (χ0) is 14.3. The van der Waals surface area contributed by atoms with Gasteiger partial charge in [0.25, 0.3) is 5.56 Å². The van der Waals surface area contributed by atoms with Gasteiger partial charge >= 0.3 is 5.69 Å². The lowest BCUT2D eigenvalue weighted by Crippen LogP contribution is -2.34. The zero-order valence-corrected chi connectivity index (χ0v) is 12.1. The molecule has 0 aliphatic heterocycles. The molecule has 0 saturated heterocycles. The fourth-order valence-electron chi connectivity index (χ4n) is 2.19. The van der Waals surface area contributed by atoms with E-state index in [0.29, 0.717) is 16.8 Å². The topological polar surface area (TPSA) is 54.9 Å². The molecule has 0 unspecified atom stereocenters. The number of H-pyrrole nitrogens is 1. The highest BCUT2D eigenvalue weighted by atomic mass is 32.1. The van der Waals surface area contributed by atoms with Gasteiger partial charge < -0.3 is 0 Å². The first-order chi connectivity index (χ1) is 9.54. The molecule has 0 saturated carbocycles. The Morgan fingerprint density at radius 1 is 1.15 bits per heavy atom. The Hall–Kier alpha value is -2.14. The number of hydrogen-bond acceptors (Lipinski definition) is 3. The second kappa shape index (κ2) is 4.76. The summed E-state index contributed by atoms with van der Waals surface area (Å²) in [5.41, 5.74) is 1.51. The first-order valence-electron chi connectivity index (χ1n) is 6.33. The maximum Gasteiger partial charge on any atom is 0.329 e. The van der Waals surface area contributed by atoms with Gasteiger partial charge in [0.15, 0.2) is 0 Å². The van der Waals surface area contributed by atoms with E-state index in [2.05, 4.69) is 4.98 Å². The third-order valence-electron chi connectivity index (χ3n) is 3.26. The zero-order valence-electron chi connectivity index (χ0n) is 11.3. The second-order valence-corrected chi connectivity index (χ2v) is 6.16. The molecule has 0 fully saturated rings. The van der Waals surface area contributed by atoms with Crippen LogP contribution in [-0.4, -0.2) is 9.55 Å². The molecule has 5 heteroatoms. The number of rotatable bonds is 2. The average Bonchev–Trinajstić information content (AvgIpc) is 2.77. The number of benzene rings is 1. The molecule has 102 valence electrons. The van der Waals surface area contributed by atoms with Gasteiger partial charge in [-0.15, -0.1) is 11.3 Å². The molecule has 1 N–H and O–H groups in total. The van der Waals surface area contributed by atoms with Crippen LogP contribution < -0.4 is 11.2 Å². The maximum atomic E-state index is 12.4. The summed E-state index contributed by atoms with van der Waals surface area (Å²) in [6.45, 7) is 4.22. The Bertz CT molecular complexity index is 885. The van der Waals surface area contributed by atoms with Crippen molar-refractivity contribution in [1.82, 2.24) is 9.55 Å². The first kappa shape index (κ1) is 12.9. The minimum Gasteiger partial charge on any atom is -0.298 e. The van der Waals surface area contributed by atoms with E-state index in [0.717, 1.165) is 16.0 Å². The quantitative estimate of drug-likeness (QED) is 0.786. The molecule has 2 aromatic heterocycles. The Balaban J connectivity index is 2.13. The van der Waals surface area contributed by atoms with Crippen molar-refractivity contribution in [1.29, 1.82) is 0 Å². The lowest BCUT2D eigenvalue weighted by molar-refractivity contribution is 0.712. The number of fused-ring (bicyclic) bond motifs is 1.